The fourth-order valence-electron chi connectivity index (χ4n) is 1.70. The van der Waals surface area contributed by atoms with Crippen molar-refractivity contribution in [1.29, 1.82) is 0 Å². The molecule has 0 bridgehead atoms. The molecule has 2 N–H and O–H groups in total. The molecule has 2 rings (SSSR count). The Labute approximate surface area is 78.5 Å². The highest BCUT2D eigenvalue weighted by Crippen LogP contribution is 2.18. The zero-order valence-corrected chi connectivity index (χ0v) is 7.92. The first-order valence-electron chi connectivity index (χ1n) is 4.86. The predicted octanol–water partition coefficient (Wildman–Crippen LogP) is 1.45. The quantitative estimate of drug-likeness (QED) is 0.738. The highest BCUT2D eigenvalue weighted by atomic mass is 16.5. The van der Waals surface area contributed by atoms with Gasteiger partial charge in [-0.05, 0) is 32.0 Å². The molecule has 2 heterocycles. The third kappa shape index (κ3) is 2.11. The molecule has 2 atom stereocenters. The molecule has 3 heteroatoms. The first kappa shape index (κ1) is 8.78. The van der Waals surface area contributed by atoms with Crippen LogP contribution < -0.4 is 5.32 Å². The van der Waals surface area contributed by atoms with Crippen molar-refractivity contribution < 1.29 is 4.74 Å². The number of H-pyrrole nitrogens is 1. The lowest BCUT2D eigenvalue weighted by Crippen LogP contribution is -2.18. The summed E-state index contributed by atoms with van der Waals surface area (Å²) in [5.74, 6) is 0. The van der Waals surface area contributed by atoms with E-state index in [0.717, 1.165) is 25.2 Å². The SMILES string of the molecule is CC(O[C@@H]1CCNC1)c1ccc[nH]1. The van der Waals surface area contributed by atoms with Crippen LogP contribution >= 0.6 is 0 Å². The van der Waals surface area contributed by atoms with Gasteiger partial charge in [-0.3, -0.25) is 0 Å². The van der Waals surface area contributed by atoms with Crippen molar-refractivity contribution in [2.45, 2.75) is 25.6 Å². The van der Waals surface area contributed by atoms with Gasteiger partial charge in [-0.1, -0.05) is 0 Å². The summed E-state index contributed by atoms with van der Waals surface area (Å²) < 4.78 is 5.86. The van der Waals surface area contributed by atoms with Crippen LogP contribution in [0.1, 0.15) is 25.1 Å². The third-order valence-corrected chi connectivity index (χ3v) is 2.47. The lowest BCUT2D eigenvalue weighted by atomic mass is 10.2. The maximum atomic E-state index is 5.86. The second-order valence-electron chi connectivity index (χ2n) is 3.52. The molecule has 0 amide bonds. The molecule has 1 fully saturated rings. The second kappa shape index (κ2) is 3.94. The predicted molar refractivity (Wildman–Crippen MR) is 51.6 cm³/mol. The van der Waals surface area contributed by atoms with Gasteiger partial charge >= 0.3 is 0 Å². The molecule has 1 aliphatic rings. The van der Waals surface area contributed by atoms with E-state index >= 15 is 0 Å². The molecule has 72 valence electrons. The van der Waals surface area contributed by atoms with Gasteiger partial charge in [-0.15, -0.1) is 0 Å². The molecule has 13 heavy (non-hydrogen) atoms. The van der Waals surface area contributed by atoms with Crippen LogP contribution in [0.5, 0.6) is 0 Å². The minimum absolute atomic E-state index is 0.180. The highest BCUT2D eigenvalue weighted by Gasteiger charge is 2.18. The molecule has 1 saturated heterocycles. The monoisotopic (exact) mass is 180 g/mol. The van der Waals surface area contributed by atoms with Gasteiger partial charge in [0.25, 0.3) is 0 Å². The van der Waals surface area contributed by atoms with Gasteiger partial charge in [0.2, 0.25) is 0 Å². The van der Waals surface area contributed by atoms with E-state index in [1.807, 2.05) is 12.3 Å². The van der Waals surface area contributed by atoms with Crippen LogP contribution in [-0.2, 0) is 4.74 Å². The van der Waals surface area contributed by atoms with Crippen LogP contribution in [-0.4, -0.2) is 24.2 Å². The molecule has 3 nitrogen and oxygen atoms in total. The van der Waals surface area contributed by atoms with Gasteiger partial charge in [-0.25, -0.2) is 0 Å². The summed E-state index contributed by atoms with van der Waals surface area (Å²) in [4.78, 5) is 3.17. The molecule has 1 aromatic heterocycles. The Morgan fingerprint density at radius 1 is 1.62 bits per heavy atom. The molecule has 0 spiro atoms. The van der Waals surface area contributed by atoms with Crippen molar-refractivity contribution in [2.75, 3.05) is 13.1 Å². The third-order valence-electron chi connectivity index (χ3n) is 2.47. The number of aromatic nitrogens is 1. The molecular formula is C10H16N2O. The normalized spacial score (nSPS) is 24.8. The minimum Gasteiger partial charge on any atom is -0.368 e. The van der Waals surface area contributed by atoms with Gasteiger partial charge in [0, 0.05) is 18.4 Å². The summed E-state index contributed by atoms with van der Waals surface area (Å²) in [6, 6.07) is 4.06. The van der Waals surface area contributed by atoms with E-state index in [2.05, 4.69) is 23.3 Å². The maximum Gasteiger partial charge on any atom is 0.0948 e. The number of nitrogens with one attached hydrogen (secondary N) is 2. The Hall–Kier alpha value is -0.800. The van der Waals surface area contributed by atoms with Crippen molar-refractivity contribution in [3.8, 4) is 0 Å². The molecular weight excluding hydrogens is 164 g/mol. The summed E-state index contributed by atoms with van der Waals surface area (Å²) >= 11 is 0. The van der Waals surface area contributed by atoms with Gasteiger partial charge in [-0.2, -0.15) is 0 Å². The first-order valence-corrected chi connectivity index (χ1v) is 4.86. The smallest absolute Gasteiger partial charge is 0.0948 e. The average molecular weight is 180 g/mol. The number of hydrogen-bond acceptors (Lipinski definition) is 2. The summed E-state index contributed by atoms with van der Waals surface area (Å²) in [5.41, 5.74) is 1.16. The zero-order chi connectivity index (χ0) is 9.10. The zero-order valence-electron chi connectivity index (χ0n) is 7.92. The van der Waals surface area contributed by atoms with Crippen LogP contribution in [0.15, 0.2) is 18.3 Å². The molecule has 1 unspecified atom stereocenters. The fourth-order valence-corrected chi connectivity index (χ4v) is 1.70. The number of rotatable bonds is 3. The Kier molecular flexibility index (Phi) is 2.66. The molecule has 1 aromatic rings. The summed E-state index contributed by atoms with van der Waals surface area (Å²) in [6.45, 7) is 4.16. The summed E-state index contributed by atoms with van der Waals surface area (Å²) in [5, 5.41) is 3.29. The Bertz CT molecular complexity index is 239. The van der Waals surface area contributed by atoms with Gasteiger partial charge < -0.3 is 15.0 Å². The lowest BCUT2D eigenvalue weighted by Gasteiger charge is -2.16. The van der Waals surface area contributed by atoms with Crippen molar-refractivity contribution in [3.05, 3.63) is 24.0 Å². The Morgan fingerprint density at radius 3 is 3.15 bits per heavy atom. The lowest BCUT2D eigenvalue weighted by molar-refractivity contribution is 0.00629. The van der Waals surface area contributed by atoms with Crippen LogP contribution in [0, 0.1) is 0 Å². The van der Waals surface area contributed by atoms with Crippen molar-refractivity contribution in [3.63, 3.8) is 0 Å². The first-order chi connectivity index (χ1) is 6.36. The minimum atomic E-state index is 0.180. The second-order valence-corrected chi connectivity index (χ2v) is 3.52. The van der Waals surface area contributed by atoms with Gasteiger partial charge in [0.1, 0.15) is 0 Å². The van der Waals surface area contributed by atoms with E-state index in [1.54, 1.807) is 0 Å². The van der Waals surface area contributed by atoms with E-state index in [4.69, 9.17) is 4.74 Å². The number of aromatic amines is 1. The Morgan fingerprint density at radius 2 is 2.54 bits per heavy atom. The summed E-state index contributed by atoms with van der Waals surface area (Å²) in [6.07, 6.45) is 3.63. The van der Waals surface area contributed by atoms with Crippen molar-refractivity contribution in [2.24, 2.45) is 0 Å². The molecule has 1 aliphatic heterocycles. The average Bonchev–Trinajstić information content (AvgIpc) is 2.74. The largest absolute Gasteiger partial charge is 0.368 e. The standard InChI is InChI=1S/C10H16N2O/c1-8(10-3-2-5-12-10)13-9-4-6-11-7-9/h2-3,5,8-9,11-12H,4,6-7H2,1H3/t8?,9-/m1/s1. The van der Waals surface area contributed by atoms with Crippen LogP contribution in [0.4, 0.5) is 0 Å². The van der Waals surface area contributed by atoms with Crippen LogP contribution in [0.25, 0.3) is 0 Å². The van der Waals surface area contributed by atoms with E-state index in [-0.39, 0.29) is 6.10 Å². The van der Waals surface area contributed by atoms with Crippen molar-refractivity contribution in [1.82, 2.24) is 10.3 Å². The molecule has 0 saturated carbocycles. The van der Waals surface area contributed by atoms with Crippen LogP contribution in [0.3, 0.4) is 0 Å². The summed E-state index contributed by atoms with van der Waals surface area (Å²) in [7, 11) is 0. The highest BCUT2D eigenvalue weighted by molar-refractivity contribution is 5.06. The Balaban J connectivity index is 1.87. The van der Waals surface area contributed by atoms with E-state index in [1.165, 1.54) is 0 Å². The number of hydrogen-bond donors (Lipinski definition) is 2. The van der Waals surface area contributed by atoms with E-state index < -0.39 is 0 Å². The molecule has 0 radical (unpaired) electrons. The fraction of sp³-hybridized carbons (Fsp3) is 0.600. The topological polar surface area (TPSA) is 37.0 Å². The van der Waals surface area contributed by atoms with E-state index in [0.29, 0.717) is 6.10 Å². The molecule has 0 aromatic carbocycles. The number of ether oxygens (including phenoxy) is 1. The van der Waals surface area contributed by atoms with Crippen LogP contribution in [0.2, 0.25) is 0 Å². The maximum absolute atomic E-state index is 5.86. The van der Waals surface area contributed by atoms with Gasteiger partial charge in [0.05, 0.1) is 12.2 Å². The molecule has 0 aliphatic carbocycles. The van der Waals surface area contributed by atoms with Gasteiger partial charge in [0.15, 0.2) is 0 Å². The van der Waals surface area contributed by atoms with E-state index in [9.17, 15) is 0 Å². The van der Waals surface area contributed by atoms with Crippen molar-refractivity contribution >= 4 is 0 Å².